The van der Waals surface area contributed by atoms with E-state index < -0.39 is 0 Å². The predicted octanol–water partition coefficient (Wildman–Crippen LogP) is 4.21. The van der Waals surface area contributed by atoms with Crippen LogP contribution in [0.2, 0.25) is 0 Å². The zero-order valence-electron chi connectivity index (χ0n) is 17.2. The normalized spacial score (nSPS) is 20.3. The van der Waals surface area contributed by atoms with E-state index >= 15 is 0 Å². The molecule has 3 heteroatoms. The number of rotatable bonds is 7. The van der Waals surface area contributed by atoms with Gasteiger partial charge < -0.3 is 10.0 Å². The summed E-state index contributed by atoms with van der Waals surface area (Å²) in [5, 5.41) is 9.45. The van der Waals surface area contributed by atoms with Gasteiger partial charge in [-0.2, -0.15) is 0 Å². The van der Waals surface area contributed by atoms with Gasteiger partial charge in [-0.3, -0.25) is 4.90 Å². The molecular weight excluding hydrogens is 344 g/mol. The van der Waals surface area contributed by atoms with E-state index in [1.54, 1.807) is 0 Å². The maximum atomic E-state index is 9.45. The first kappa shape index (κ1) is 19.5. The molecule has 1 aliphatic heterocycles. The van der Waals surface area contributed by atoms with E-state index in [2.05, 4.69) is 65.3 Å². The fourth-order valence-electron chi connectivity index (χ4n) is 5.24. The lowest BCUT2D eigenvalue weighted by Gasteiger charge is -2.39. The fraction of sp³-hybridized carbons (Fsp3) is 0.520. The summed E-state index contributed by atoms with van der Waals surface area (Å²) in [4.78, 5) is 5.20. The lowest BCUT2D eigenvalue weighted by molar-refractivity contribution is 0.112. The number of benzene rings is 2. The largest absolute Gasteiger partial charge is 0.395 e. The lowest BCUT2D eigenvalue weighted by Crippen LogP contribution is -2.45. The van der Waals surface area contributed by atoms with Gasteiger partial charge in [0, 0.05) is 30.9 Å². The molecule has 0 radical (unpaired) electrons. The van der Waals surface area contributed by atoms with Crippen molar-refractivity contribution in [2.24, 2.45) is 0 Å². The van der Waals surface area contributed by atoms with Crippen molar-refractivity contribution in [3.8, 4) is 0 Å². The van der Waals surface area contributed by atoms with Crippen molar-refractivity contribution in [3.05, 3.63) is 65.2 Å². The Bertz CT molecular complexity index is 748. The summed E-state index contributed by atoms with van der Waals surface area (Å²) in [6, 6.07) is 19.0. The molecule has 1 N–H and O–H groups in total. The molecule has 0 amide bonds. The van der Waals surface area contributed by atoms with Gasteiger partial charge in [-0.25, -0.2) is 0 Å². The number of fused-ring (bicyclic) bond motifs is 1. The van der Waals surface area contributed by atoms with Gasteiger partial charge in [0.05, 0.1) is 6.61 Å². The van der Waals surface area contributed by atoms with Crippen LogP contribution in [0.1, 0.15) is 42.4 Å². The highest BCUT2D eigenvalue weighted by atomic mass is 16.3. The Morgan fingerprint density at radius 1 is 1.00 bits per heavy atom. The van der Waals surface area contributed by atoms with E-state index in [1.165, 1.54) is 48.1 Å². The molecule has 1 heterocycles. The van der Waals surface area contributed by atoms with E-state index in [1.807, 2.05) is 0 Å². The number of anilines is 1. The first-order chi connectivity index (χ1) is 13.8. The van der Waals surface area contributed by atoms with Gasteiger partial charge in [0.2, 0.25) is 0 Å². The highest BCUT2D eigenvalue weighted by molar-refractivity contribution is 5.55. The minimum atomic E-state index is 0.274. The SMILES string of the molecule is Cc1ccccc1N(CCC1CCCCN1CCO)C1Cc2ccccc2C1. The third-order valence-corrected chi connectivity index (χ3v) is 6.73. The van der Waals surface area contributed by atoms with Crippen molar-refractivity contribution in [1.82, 2.24) is 4.90 Å². The van der Waals surface area contributed by atoms with Crippen LogP contribution in [0.25, 0.3) is 0 Å². The van der Waals surface area contributed by atoms with Crippen LogP contribution in [-0.2, 0) is 12.8 Å². The summed E-state index contributed by atoms with van der Waals surface area (Å²) in [6.07, 6.45) is 7.35. The molecule has 2 aromatic rings. The number of aryl methyl sites for hydroxylation is 1. The quantitative estimate of drug-likeness (QED) is 0.782. The number of β-amino-alcohol motifs (C(OH)–C–C–N with tert-alkyl or cyclic N) is 1. The molecule has 150 valence electrons. The van der Waals surface area contributed by atoms with Gasteiger partial charge >= 0.3 is 0 Å². The fourth-order valence-corrected chi connectivity index (χ4v) is 5.24. The molecule has 1 aliphatic carbocycles. The summed E-state index contributed by atoms with van der Waals surface area (Å²) >= 11 is 0. The maximum Gasteiger partial charge on any atom is 0.0558 e. The van der Waals surface area contributed by atoms with Crippen LogP contribution in [0, 0.1) is 6.92 Å². The number of nitrogens with zero attached hydrogens (tertiary/aromatic N) is 2. The van der Waals surface area contributed by atoms with Crippen LogP contribution < -0.4 is 4.90 Å². The van der Waals surface area contributed by atoms with Crippen molar-refractivity contribution in [2.75, 3.05) is 31.1 Å². The van der Waals surface area contributed by atoms with E-state index in [0.717, 1.165) is 32.5 Å². The van der Waals surface area contributed by atoms with Gasteiger partial charge in [0.25, 0.3) is 0 Å². The van der Waals surface area contributed by atoms with Gasteiger partial charge in [-0.05, 0) is 68.3 Å². The van der Waals surface area contributed by atoms with E-state index in [-0.39, 0.29) is 6.61 Å². The molecule has 1 fully saturated rings. The number of aliphatic hydroxyl groups excluding tert-OH is 1. The molecule has 3 nitrogen and oxygen atoms in total. The minimum absolute atomic E-state index is 0.274. The molecule has 2 aliphatic rings. The smallest absolute Gasteiger partial charge is 0.0558 e. The Kier molecular flexibility index (Phi) is 6.33. The summed E-state index contributed by atoms with van der Waals surface area (Å²) in [6.45, 7) is 5.57. The topological polar surface area (TPSA) is 26.7 Å². The Morgan fingerprint density at radius 3 is 2.43 bits per heavy atom. The van der Waals surface area contributed by atoms with Crippen LogP contribution >= 0.6 is 0 Å². The average Bonchev–Trinajstić information content (AvgIpc) is 3.15. The van der Waals surface area contributed by atoms with Gasteiger partial charge in [0.15, 0.2) is 0 Å². The van der Waals surface area contributed by atoms with Crippen molar-refractivity contribution in [2.45, 2.75) is 57.5 Å². The summed E-state index contributed by atoms with van der Waals surface area (Å²) < 4.78 is 0. The molecule has 4 rings (SSSR count). The standard InChI is InChI=1S/C25H34N2O/c1-20-8-2-5-12-25(20)27(24-18-21-9-3-4-10-22(21)19-24)15-13-23-11-6-7-14-26(23)16-17-28/h2-5,8-10,12,23-24,28H,6-7,11,13-19H2,1H3. The van der Waals surface area contributed by atoms with Crippen molar-refractivity contribution in [3.63, 3.8) is 0 Å². The molecule has 0 aromatic heterocycles. The number of para-hydroxylation sites is 1. The molecule has 1 saturated heterocycles. The Morgan fingerprint density at radius 2 is 1.71 bits per heavy atom. The zero-order valence-corrected chi connectivity index (χ0v) is 17.2. The van der Waals surface area contributed by atoms with Crippen molar-refractivity contribution in [1.29, 1.82) is 0 Å². The second-order valence-corrected chi connectivity index (χ2v) is 8.51. The van der Waals surface area contributed by atoms with Gasteiger partial charge in [-0.1, -0.05) is 48.9 Å². The lowest BCUT2D eigenvalue weighted by atomic mass is 9.98. The molecule has 0 bridgehead atoms. The number of piperidine rings is 1. The number of likely N-dealkylation sites (tertiary alicyclic amines) is 1. The van der Waals surface area contributed by atoms with Crippen LogP contribution in [0.4, 0.5) is 5.69 Å². The second-order valence-electron chi connectivity index (χ2n) is 8.51. The van der Waals surface area contributed by atoms with Gasteiger partial charge in [-0.15, -0.1) is 0 Å². The third-order valence-electron chi connectivity index (χ3n) is 6.73. The Labute approximate surface area is 170 Å². The van der Waals surface area contributed by atoms with Gasteiger partial charge in [0.1, 0.15) is 0 Å². The number of aliphatic hydroxyl groups is 1. The third kappa shape index (κ3) is 4.26. The van der Waals surface area contributed by atoms with E-state index in [9.17, 15) is 5.11 Å². The second kappa shape index (κ2) is 9.11. The number of hydrogen-bond donors (Lipinski definition) is 1. The summed E-state index contributed by atoms with van der Waals surface area (Å²) in [5.74, 6) is 0. The minimum Gasteiger partial charge on any atom is -0.395 e. The highest BCUT2D eigenvalue weighted by Crippen LogP contribution is 2.31. The maximum absolute atomic E-state index is 9.45. The molecule has 1 unspecified atom stereocenters. The van der Waals surface area contributed by atoms with Crippen molar-refractivity contribution < 1.29 is 5.11 Å². The van der Waals surface area contributed by atoms with E-state index in [0.29, 0.717) is 12.1 Å². The molecule has 0 saturated carbocycles. The molecule has 2 aromatic carbocycles. The number of hydrogen-bond acceptors (Lipinski definition) is 3. The average molecular weight is 379 g/mol. The first-order valence-electron chi connectivity index (χ1n) is 11.0. The summed E-state index contributed by atoms with van der Waals surface area (Å²) in [7, 11) is 0. The summed E-state index contributed by atoms with van der Waals surface area (Å²) in [5.41, 5.74) is 5.80. The zero-order chi connectivity index (χ0) is 19.3. The van der Waals surface area contributed by atoms with Crippen LogP contribution in [0.5, 0.6) is 0 Å². The molecule has 28 heavy (non-hydrogen) atoms. The highest BCUT2D eigenvalue weighted by Gasteiger charge is 2.29. The van der Waals surface area contributed by atoms with E-state index in [4.69, 9.17) is 0 Å². The van der Waals surface area contributed by atoms with Crippen LogP contribution in [0.3, 0.4) is 0 Å². The monoisotopic (exact) mass is 378 g/mol. The molecule has 1 atom stereocenters. The Balaban J connectivity index is 1.52. The predicted molar refractivity (Wildman–Crippen MR) is 117 cm³/mol. The van der Waals surface area contributed by atoms with Crippen LogP contribution in [-0.4, -0.2) is 48.3 Å². The molecular formula is C25H34N2O. The van der Waals surface area contributed by atoms with Crippen molar-refractivity contribution >= 4 is 5.69 Å². The first-order valence-corrected chi connectivity index (χ1v) is 11.0. The Hall–Kier alpha value is -1.84. The molecule has 0 spiro atoms. The van der Waals surface area contributed by atoms with Crippen LogP contribution in [0.15, 0.2) is 48.5 Å².